The van der Waals surface area contributed by atoms with Gasteiger partial charge >= 0.3 is 0 Å². The van der Waals surface area contributed by atoms with Crippen molar-refractivity contribution in [3.63, 3.8) is 0 Å². The van der Waals surface area contributed by atoms with Crippen LogP contribution >= 0.6 is 0 Å². The lowest BCUT2D eigenvalue weighted by atomic mass is 9.75. The van der Waals surface area contributed by atoms with Gasteiger partial charge in [-0.2, -0.15) is 0 Å². The maximum atomic E-state index is 2.83. The molecule has 3 aliphatic rings. The summed E-state index contributed by atoms with van der Waals surface area (Å²) in [7, 11) is 0. The minimum absolute atomic E-state index is 0.456. The fourth-order valence-electron chi connectivity index (χ4n) is 4.67. The molecule has 0 aliphatic carbocycles. The molecule has 2 heteroatoms. The van der Waals surface area contributed by atoms with Crippen LogP contribution in [0.25, 0.3) is 0 Å². The summed E-state index contributed by atoms with van der Waals surface area (Å²) in [5, 5.41) is 0. The van der Waals surface area contributed by atoms with E-state index in [4.69, 9.17) is 0 Å². The molecule has 0 unspecified atom stereocenters. The number of piperidine rings is 3. The summed E-state index contributed by atoms with van der Waals surface area (Å²) in [4.78, 5) is 5.60. The standard InChI is InChI=1S/C16H30N2/c1-16(2,3)12-17-9-13-8-14(11-17)15-6-4-5-7-18(15)10-13/h13-15H,4-12H2,1-3H3/t13-,14-,15+/m1/s1. The second kappa shape index (κ2) is 4.79. The van der Waals surface area contributed by atoms with Crippen LogP contribution in [0.4, 0.5) is 0 Å². The number of fused-ring (bicyclic) bond motifs is 4. The average molecular weight is 250 g/mol. The first-order valence-electron chi connectivity index (χ1n) is 7.98. The van der Waals surface area contributed by atoms with Gasteiger partial charge in [0.05, 0.1) is 0 Å². The minimum atomic E-state index is 0.456. The van der Waals surface area contributed by atoms with Crippen molar-refractivity contribution in [1.29, 1.82) is 0 Å². The van der Waals surface area contributed by atoms with Crippen molar-refractivity contribution in [2.45, 2.75) is 52.5 Å². The fraction of sp³-hybridized carbons (Fsp3) is 1.00. The van der Waals surface area contributed by atoms with Gasteiger partial charge in [-0.1, -0.05) is 27.2 Å². The number of likely N-dealkylation sites (tertiary alicyclic amines) is 1. The molecule has 3 aliphatic heterocycles. The van der Waals surface area contributed by atoms with Crippen molar-refractivity contribution in [3.05, 3.63) is 0 Å². The molecule has 0 radical (unpaired) electrons. The van der Waals surface area contributed by atoms with Crippen LogP contribution in [0, 0.1) is 17.3 Å². The zero-order valence-corrected chi connectivity index (χ0v) is 12.5. The topological polar surface area (TPSA) is 6.48 Å². The SMILES string of the molecule is CC(C)(C)CN1C[C@H]2C[C@H](C1)[C@@H]1CCCCN1C2. The molecule has 0 spiro atoms. The van der Waals surface area contributed by atoms with E-state index in [1.54, 1.807) is 0 Å². The highest BCUT2D eigenvalue weighted by molar-refractivity contribution is 4.96. The van der Waals surface area contributed by atoms with Crippen molar-refractivity contribution in [2.75, 3.05) is 32.7 Å². The smallest absolute Gasteiger partial charge is 0.0136 e. The number of rotatable bonds is 1. The lowest BCUT2D eigenvalue weighted by Crippen LogP contribution is -2.59. The number of nitrogens with zero attached hydrogens (tertiary/aromatic N) is 2. The van der Waals surface area contributed by atoms with E-state index in [9.17, 15) is 0 Å². The zero-order valence-electron chi connectivity index (χ0n) is 12.5. The Bertz CT molecular complexity index is 294. The van der Waals surface area contributed by atoms with E-state index in [-0.39, 0.29) is 0 Å². The van der Waals surface area contributed by atoms with Gasteiger partial charge in [0.1, 0.15) is 0 Å². The third-order valence-electron chi connectivity index (χ3n) is 5.04. The Morgan fingerprint density at radius 3 is 2.67 bits per heavy atom. The lowest BCUT2D eigenvalue weighted by Gasteiger charge is -2.53. The van der Waals surface area contributed by atoms with Gasteiger partial charge in [0, 0.05) is 32.2 Å². The van der Waals surface area contributed by atoms with Gasteiger partial charge in [0.15, 0.2) is 0 Å². The normalized spacial score (nSPS) is 38.5. The van der Waals surface area contributed by atoms with Gasteiger partial charge in [0.2, 0.25) is 0 Å². The van der Waals surface area contributed by atoms with E-state index in [2.05, 4.69) is 30.6 Å². The molecule has 3 saturated heterocycles. The van der Waals surface area contributed by atoms with Crippen molar-refractivity contribution in [2.24, 2.45) is 17.3 Å². The van der Waals surface area contributed by atoms with Crippen molar-refractivity contribution in [3.8, 4) is 0 Å². The van der Waals surface area contributed by atoms with Crippen LogP contribution in [0.2, 0.25) is 0 Å². The predicted molar refractivity (Wildman–Crippen MR) is 76.7 cm³/mol. The maximum absolute atomic E-state index is 2.83. The molecule has 3 fully saturated rings. The van der Waals surface area contributed by atoms with Gasteiger partial charge in [-0.3, -0.25) is 4.90 Å². The van der Waals surface area contributed by atoms with E-state index < -0.39 is 0 Å². The molecule has 0 amide bonds. The van der Waals surface area contributed by atoms with Gasteiger partial charge < -0.3 is 4.90 Å². The third kappa shape index (κ3) is 2.75. The van der Waals surface area contributed by atoms with E-state index in [1.807, 2.05) is 0 Å². The van der Waals surface area contributed by atoms with Crippen LogP contribution in [0.1, 0.15) is 46.5 Å². The Balaban J connectivity index is 1.66. The van der Waals surface area contributed by atoms with Crippen LogP contribution < -0.4 is 0 Å². The molecule has 2 nitrogen and oxygen atoms in total. The molecule has 3 rings (SSSR count). The number of hydrogen-bond donors (Lipinski definition) is 0. The summed E-state index contributed by atoms with van der Waals surface area (Å²) < 4.78 is 0. The Morgan fingerprint density at radius 1 is 1.06 bits per heavy atom. The number of hydrogen-bond acceptors (Lipinski definition) is 2. The summed E-state index contributed by atoms with van der Waals surface area (Å²) in [6.07, 6.45) is 5.91. The van der Waals surface area contributed by atoms with E-state index >= 15 is 0 Å². The largest absolute Gasteiger partial charge is 0.302 e. The second-order valence-corrected chi connectivity index (χ2v) is 8.17. The monoisotopic (exact) mass is 250 g/mol. The highest BCUT2D eigenvalue weighted by atomic mass is 15.2. The van der Waals surface area contributed by atoms with Gasteiger partial charge in [0.25, 0.3) is 0 Å². The fourth-order valence-corrected chi connectivity index (χ4v) is 4.67. The van der Waals surface area contributed by atoms with E-state index in [0.717, 1.165) is 17.9 Å². The zero-order chi connectivity index (χ0) is 12.8. The molecule has 3 heterocycles. The molecule has 2 bridgehead atoms. The Kier molecular flexibility index (Phi) is 3.44. The second-order valence-electron chi connectivity index (χ2n) is 8.17. The summed E-state index contributed by atoms with van der Waals surface area (Å²) >= 11 is 0. The summed E-state index contributed by atoms with van der Waals surface area (Å²) in [6, 6.07) is 0.928. The molecule has 0 aromatic carbocycles. The first kappa shape index (κ1) is 12.9. The summed E-state index contributed by atoms with van der Waals surface area (Å²) in [5.41, 5.74) is 0.456. The molecule has 104 valence electrons. The maximum Gasteiger partial charge on any atom is 0.0136 e. The average Bonchev–Trinajstić information content (AvgIpc) is 2.26. The molecule has 0 aromatic rings. The van der Waals surface area contributed by atoms with Crippen LogP contribution in [0.5, 0.6) is 0 Å². The molecule has 18 heavy (non-hydrogen) atoms. The predicted octanol–water partition coefficient (Wildman–Crippen LogP) is 2.84. The first-order valence-corrected chi connectivity index (χ1v) is 7.98. The Labute approximate surface area is 113 Å². The van der Waals surface area contributed by atoms with Gasteiger partial charge in [-0.15, -0.1) is 0 Å². The first-order chi connectivity index (χ1) is 8.51. The molecular weight excluding hydrogens is 220 g/mol. The molecule has 0 aromatic heterocycles. The van der Waals surface area contributed by atoms with Crippen LogP contribution in [0.15, 0.2) is 0 Å². The highest BCUT2D eigenvalue weighted by Gasteiger charge is 2.41. The molecular formula is C16H30N2. The molecule has 0 N–H and O–H groups in total. The molecule has 0 saturated carbocycles. The van der Waals surface area contributed by atoms with Crippen molar-refractivity contribution < 1.29 is 0 Å². The van der Waals surface area contributed by atoms with Gasteiger partial charge in [-0.05, 0) is 43.1 Å². The Morgan fingerprint density at radius 2 is 1.89 bits per heavy atom. The quantitative estimate of drug-likeness (QED) is 0.706. The summed E-state index contributed by atoms with van der Waals surface area (Å²) in [5.74, 6) is 1.93. The van der Waals surface area contributed by atoms with Gasteiger partial charge in [-0.25, -0.2) is 0 Å². The van der Waals surface area contributed by atoms with E-state index in [0.29, 0.717) is 5.41 Å². The van der Waals surface area contributed by atoms with E-state index in [1.165, 1.54) is 58.4 Å². The Hall–Kier alpha value is -0.0800. The van der Waals surface area contributed by atoms with Crippen molar-refractivity contribution in [1.82, 2.24) is 9.80 Å². The van der Waals surface area contributed by atoms with Crippen molar-refractivity contribution >= 4 is 0 Å². The van der Waals surface area contributed by atoms with Crippen LogP contribution in [0.3, 0.4) is 0 Å². The van der Waals surface area contributed by atoms with Crippen LogP contribution in [-0.2, 0) is 0 Å². The highest BCUT2D eigenvalue weighted by Crippen LogP contribution is 2.38. The van der Waals surface area contributed by atoms with Crippen LogP contribution in [-0.4, -0.2) is 48.6 Å². The summed E-state index contributed by atoms with van der Waals surface area (Å²) in [6.45, 7) is 13.9. The molecule has 3 atom stereocenters. The lowest BCUT2D eigenvalue weighted by molar-refractivity contribution is -0.0373. The third-order valence-corrected chi connectivity index (χ3v) is 5.04. The minimum Gasteiger partial charge on any atom is -0.302 e.